The van der Waals surface area contributed by atoms with Crippen LogP contribution < -0.4 is 10.1 Å². The molecule has 0 unspecified atom stereocenters. The van der Waals surface area contributed by atoms with Gasteiger partial charge in [0.1, 0.15) is 29.8 Å². The molecule has 35 heavy (non-hydrogen) atoms. The number of ether oxygens (including phenoxy) is 1. The Labute approximate surface area is 203 Å². The summed E-state index contributed by atoms with van der Waals surface area (Å²) in [5.74, 6) is -0.0281. The molecule has 4 aromatic rings. The molecule has 0 aliphatic rings. The molecular weight excluding hydrogens is 441 g/mol. The number of nitrogens with zero attached hydrogens (tertiary/aromatic N) is 2. The number of halogens is 1. The van der Waals surface area contributed by atoms with Gasteiger partial charge in [0.15, 0.2) is 0 Å². The summed E-state index contributed by atoms with van der Waals surface area (Å²) in [5.41, 5.74) is 5.13. The van der Waals surface area contributed by atoms with E-state index in [2.05, 4.69) is 9.88 Å². The topological polar surface area (TPSA) is 67.0 Å². The van der Waals surface area contributed by atoms with E-state index in [4.69, 9.17) is 4.74 Å². The lowest BCUT2D eigenvalue weighted by atomic mass is 10.1. The summed E-state index contributed by atoms with van der Waals surface area (Å²) in [4.78, 5) is 12.6. The number of carbonyl (C=O) groups excluding carboxylic acids is 1. The maximum Gasteiger partial charge on any atom is 0.266 e. The lowest BCUT2D eigenvalue weighted by Gasteiger charge is -2.12. The number of aromatic nitrogens is 1. The minimum atomic E-state index is -0.453. The highest BCUT2D eigenvalue weighted by atomic mass is 19.1. The van der Waals surface area contributed by atoms with Crippen LogP contribution in [-0.2, 0) is 11.4 Å². The van der Waals surface area contributed by atoms with Crippen LogP contribution in [0.25, 0.3) is 11.8 Å². The number of aryl methyl sites for hydroxylation is 1. The van der Waals surface area contributed by atoms with Gasteiger partial charge in [0.05, 0.1) is 0 Å². The molecule has 0 bridgehead atoms. The molecule has 5 nitrogen and oxygen atoms in total. The summed E-state index contributed by atoms with van der Waals surface area (Å²) in [6, 6.07) is 26.8. The number of hydrogen-bond donors (Lipinski definition) is 1. The van der Waals surface area contributed by atoms with Gasteiger partial charge in [0.25, 0.3) is 5.91 Å². The van der Waals surface area contributed by atoms with Crippen LogP contribution in [0.3, 0.4) is 0 Å². The number of nitriles is 1. The van der Waals surface area contributed by atoms with Gasteiger partial charge in [-0.3, -0.25) is 4.79 Å². The molecule has 6 heteroatoms. The van der Waals surface area contributed by atoms with E-state index in [1.54, 1.807) is 30.3 Å². The van der Waals surface area contributed by atoms with Gasteiger partial charge < -0.3 is 14.6 Å². The van der Waals surface area contributed by atoms with Gasteiger partial charge in [-0.2, -0.15) is 5.26 Å². The average Bonchev–Trinajstić information content (AvgIpc) is 3.15. The third-order valence-corrected chi connectivity index (χ3v) is 5.58. The highest BCUT2D eigenvalue weighted by molar-refractivity contribution is 6.09. The first-order valence-electron chi connectivity index (χ1n) is 11.1. The van der Waals surface area contributed by atoms with E-state index in [-0.39, 0.29) is 11.4 Å². The first kappa shape index (κ1) is 23.5. The highest BCUT2D eigenvalue weighted by Crippen LogP contribution is 2.25. The van der Waals surface area contributed by atoms with Crippen LogP contribution in [0.5, 0.6) is 5.75 Å². The molecule has 1 amide bonds. The van der Waals surface area contributed by atoms with Gasteiger partial charge in [0.2, 0.25) is 0 Å². The second kappa shape index (κ2) is 10.5. The molecule has 0 aliphatic heterocycles. The Hall–Kier alpha value is -4.63. The molecule has 0 spiro atoms. The molecule has 1 heterocycles. The number of amides is 1. The second-order valence-electron chi connectivity index (χ2n) is 8.06. The van der Waals surface area contributed by atoms with E-state index in [1.807, 2.05) is 68.4 Å². The Morgan fingerprint density at radius 3 is 2.37 bits per heavy atom. The van der Waals surface area contributed by atoms with Crippen molar-refractivity contribution in [3.8, 4) is 17.5 Å². The highest BCUT2D eigenvalue weighted by Gasteiger charge is 2.14. The molecule has 0 aliphatic carbocycles. The molecule has 0 radical (unpaired) electrons. The van der Waals surface area contributed by atoms with Crippen molar-refractivity contribution in [2.75, 3.05) is 5.32 Å². The fourth-order valence-corrected chi connectivity index (χ4v) is 3.79. The summed E-state index contributed by atoms with van der Waals surface area (Å²) in [6.45, 7) is 4.26. The zero-order valence-corrected chi connectivity index (χ0v) is 19.5. The summed E-state index contributed by atoms with van der Waals surface area (Å²) in [5, 5.41) is 12.3. The lowest BCUT2D eigenvalue weighted by molar-refractivity contribution is -0.112. The molecule has 1 N–H and O–H groups in total. The summed E-state index contributed by atoms with van der Waals surface area (Å²) < 4.78 is 20.9. The van der Waals surface area contributed by atoms with Gasteiger partial charge in [-0.05, 0) is 85.6 Å². The Kier molecular flexibility index (Phi) is 7.08. The monoisotopic (exact) mass is 465 g/mol. The van der Waals surface area contributed by atoms with Crippen molar-refractivity contribution in [1.82, 2.24) is 4.57 Å². The molecular formula is C29H24FN3O2. The largest absolute Gasteiger partial charge is 0.489 e. The van der Waals surface area contributed by atoms with Crippen LogP contribution in [0.4, 0.5) is 10.1 Å². The SMILES string of the molecule is Cc1cc(/C=C(\C#N)C(=O)Nc2ccccc2)c(C)n1-c1ccc(OCc2ccc(F)cc2)cc1. The standard InChI is InChI=1S/C29H24FN3O2/c1-20-16-23(17-24(18-31)29(34)32-26-6-4-3-5-7-26)21(2)33(20)27-12-14-28(15-13-27)35-19-22-8-10-25(30)11-9-22/h3-17H,19H2,1-2H3,(H,32,34)/b24-17+. The number of rotatable bonds is 7. The van der Waals surface area contributed by atoms with Crippen molar-refractivity contribution in [2.24, 2.45) is 0 Å². The van der Waals surface area contributed by atoms with Crippen molar-refractivity contribution in [1.29, 1.82) is 5.26 Å². The molecule has 0 fully saturated rings. The van der Waals surface area contributed by atoms with Crippen molar-refractivity contribution < 1.29 is 13.9 Å². The van der Waals surface area contributed by atoms with Crippen molar-refractivity contribution >= 4 is 17.7 Å². The van der Waals surface area contributed by atoms with Gasteiger partial charge >= 0.3 is 0 Å². The number of para-hydroxylation sites is 1. The maximum atomic E-state index is 13.1. The zero-order valence-electron chi connectivity index (χ0n) is 19.5. The van der Waals surface area contributed by atoms with Crippen LogP contribution >= 0.6 is 0 Å². The smallest absolute Gasteiger partial charge is 0.266 e. The van der Waals surface area contributed by atoms with Gasteiger partial charge in [-0.15, -0.1) is 0 Å². The molecule has 174 valence electrons. The summed E-state index contributed by atoms with van der Waals surface area (Å²) >= 11 is 0. The predicted octanol–water partition coefficient (Wildman–Crippen LogP) is 6.36. The quantitative estimate of drug-likeness (QED) is 0.255. The fourth-order valence-electron chi connectivity index (χ4n) is 3.79. The van der Waals surface area contributed by atoms with Gasteiger partial charge in [-0.1, -0.05) is 30.3 Å². The van der Waals surface area contributed by atoms with E-state index >= 15 is 0 Å². The number of carbonyl (C=O) groups is 1. The summed E-state index contributed by atoms with van der Waals surface area (Å²) in [7, 11) is 0. The molecule has 0 saturated carbocycles. The van der Waals surface area contributed by atoms with Crippen LogP contribution in [0.2, 0.25) is 0 Å². The molecule has 4 rings (SSSR count). The van der Waals surface area contributed by atoms with Crippen LogP contribution in [-0.4, -0.2) is 10.5 Å². The zero-order chi connectivity index (χ0) is 24.8. The van der Waals surface area contributed by atoms with Crippen LogP contribution in [0.1, 0.15) is 22.5 Å². The Balaban J connectivity index is 1.51. The van der Waals surface area contributed by atoms with Crippen molar-refractivity contribution in [3.05, 3.63) is 119 Å². The lowest BCUT2D eigenvalue weighted by Crippen LogP contribution is -2.13. The Bertz CT molecular complexity index is 1400. The van der Waals surface area contributed by atoms with E-state index in [9.17, 15) is 14.4 Å². The number of benzene rings is 3. The van der Waals surface area contributed by atoms with Crippen molar-refractivity contribution in [3.63, 3.8) is 0 Å². The van der Waals surface area contributed by atoms with Gasteiger partial charge in [0, 0.05) is 22.8 Å². The molecule has 3 aromatic carbocycles. The van der Waals surface area contributed by atoms with E-state index in [0.29, 0.717) is 18.0 Å². The number of anilines is 1. The van der Waals surface area contributed by atoms with E-state index in [1.165, 1.54) is 12.1 Å². The van der Waals surface area contributed by atoms with Gasteiger partial charge in [-0.25, -0.2) is 4.39 Å². The fraction of sp³-hybridized carbons (Fsp3) is 0.103. The second-order valence-corrected chi connectivity index (χ2v) is 8.06. The molecule has 0 atom stereocenters. The first-order chi connectivity index (χ1) is 16.9. The first-order valence-corrected chi connectivity index (χ1v) is 11.1. The third kappa shape index (κ3) is 5.66. The number of nitrogens with one attached hydrogen (secondary N) is 1. The van der Waals surface area contributed by atoms with E-state index < -0.39 is 5.91 Å². The third-order valence-electron chi connectivity index (χ3n) is 5.58. The molecule has 1 aromatic heterocycles. The Morgan fingerprint density at radius 2 is 1.71 bits per heavy atom. The molecule has 0 saturated heterocycles. The average molecular weight is 466 g/mol. The number of hydrogen-bond acceptors (Lipinski definition) is 3. The minimum Gasteiger partial charge on any atom is -0.489 e. The maximum absolute atomic E-state index is 13.1. The van der Waals surface area contributed by atoms with Crippen LogP contribution in [0.15, 0.2) is 90.5 Å². The minimum absolute atomic E-state index is 0.0265. The predicted molar refractivity (Wildman–Crippen MR) is 135 cm³/mol. The normalized spacial score (nSPS) is 11.1. The van der Waals surface area contributed by atoms with Crippen LogP contribution in [0, 0.1) is 31.0 Å². The Morgan fingerprint density at radius 1 is 1.03 bits per heavy atom. The van der Waals surface area contributed by atoms with E-state index in [0.717, 1.165) is 28.2 Å². The summed E-state index contributed by atoms with van der Waals surface area (Å²) in [6.07, 6.45) is 1.61. The van der Waals surface area contributed by atoms with Crippen molar-refractivity contribution in [2.45, 2.75) is 20.5 Å².